The molecular formula is C6H4Br4O2. The monoisotopic (exact) mass is 424 g/mol. The molecule has 2 unspecified atom stereocenters. The summed E-state index contributed by atoms with van der Waals surface area (Å²) in [6.07, 6.45) is 1.51. The molecule has 2 N–H and O–H groups in total. The minimum atomic E-state index is -1.30. The van der Waals surface area contributed by atoms with Gasteiger partial charge < -0.3 is 10.2 Å². The lowest BCUT2D eigenvalue weighted by Gasteiger charge is -2.30. The molecule has 0 fully saturated rings. The fraction of sp³-hybridized carbons (Fsp3) is 0.333. The molecule has 1 rings (SSSR count). The summed E-state index contributed by atoms with van der Waals surface area (Å²) in [6, 6.07) is 0. The Bertz CT molecular complexity index is 269. The molecule has 12 heavy (non-hydrogen) atoms. The number of allylic oxidation sites excluding steroid dienone is 2. The van der Waals surface area contributed by atoms with Crippen molar-refractivity contribution < 1.29 is 10.2 Å². The molecule has 0 amide bonds. The van der Waals surface area contributed by atoms with Gasteiger partial charge in [-0.3, -0.25) is 0 Å². The molecule has 0 aromatic carbocycles. The van der Waals surface area contributed by atoms with E-state index in [-0.39, 0.29) is 5.76 Å². The number of rotatable bonds is 0. The fourth-order valence-corrected chi connectivity index (χ4v) is 3.00. The Kier molecular flexibility index (Phi) is 3.49. The third-order valence-electron chi connectivity index (χ3n) is 1.39. The SMILES string of the molecule is OC1=CC(Br)=C(Br)C(O)(Br)C1Br. The number of alkyl halides is 2. The molecule has 0 aromatic heterocycles. The summed E-state index contributed by atoms with van der Waals surface area (Å²) in [5.74, 6) is 0.0597. The molecule has 0 heterocycles. The Morgan fingerprint density at radius 2 is 1.92 bits per heavy atom. The van der Waals surface area contributed by atoms with Crippen LogP contribution < -0.4 is 0 Å². The molecule has 0 aliphatic heterocycles. The van der Waals surface area contributed by atoms with E-state index in [0.29, 0.717) is 8.96 Å². The molecule has 0 bridgehead atoms. The van der Waals surface area contributed by atoms with Gasteiger partial charge in [0, 0.05) is 4.48 Å². The Balaban J connectivity index is 3.18. The van der Waals surface area contributed by atoms with Crippen LogP contribution in [0.1, 0.15) is 0 Å². The van der Waals surface area contributed by atoms with Gasteiger partial charge in [-0.2, -0.15) is 0 Å². The first kappa shape index (κ1) is 11.2. The molecule has 2 atom stereocenters. The van der Waals surface area contributed by atoms with E-state index in [0.717, 1.165) is 0 Å². The van der Waals surface area contributed by atoms with Crippen LogP contribution in [0.5, 0.6) is 0 Å². The van der Waals surface area contributed by atoms with Crippen LogP contribution in [0.15, 0.2) is 20.8 Å². The minimum Gasteiger partial charge on any atom is -0.511 e. The highest BCUT2D eigenvalue weighted by atomic mass is 79.9. The van der Waals surface area contributed by atoms with Gasteiger partial charge in [0.15, 0.2) is 4.51 Å². The quantitative estimate of drug-likeness (QED) is 0.583. The maximum absolute atomic E-state index is 9.79. The van der Waals surface area contributed by atoms with E-state index in [2.05, 4.69) is 63.7 Å². The van der Waals surface area contributed by atoms with E-state index in [1.807, 2.05) is 0 Å². The van der Waals surface area contributed by atoms with Crippen molar-refractivity contribution in [1.29, 1.82) is 0 Å². The predicted octanol–water partition coefficient (Wildman–Crippen LogP) is 3.29. The van der Waals surface area contributed by atoms with E-state index >= 15 is 0 Å². The van der Waals surface area contributed by atoms with Crippen LogP contribution in [0.25, 0.3) is 0 Å². The van der Waals surface area contributed by atoms with Crippen molar-refractivity contribution in [2.45, 2.75) is 9.34 Å². The van der Waals surface area contributed by atoms with Gasteiger partial charge in [0.05, 0.1) is 4.48 Å². The highest BCUT2D eigenvalue weighted by Crippen LogP contribution is 2.45. The van der Waals surface area contributed by atoms with Crippen molar-refractivity contribution in [2.75, 3.05) is 0 Å². The molecule has 2 nitrogen and oxygen atoms in total. The molecule has 0 saturated carbocycles. The predicted molar refractivity (Wildman–Crippen MR) is 62.2 cm³/mol. The Morgan fingerprint density at radius 3 is 2.42 bits per heavy atom. The van der Waals surface area contributed by atoms with Gasteiger partial charge in [0.25, 0.3) is 0 Å². The molecule has 0 aromatic rings. The van der Waals surface area contributed by atoms with Crippen LogP contribution in [0.4, 0.5) is 0 Å². The molecule has 1 aliphatic rings. The second kappa shape index (κ2) is 3.73. The standard InChI is InChI=1S/C6H4Br4O2/c7-2-1-3(11)5(9)6(10,12)4(2)8/h1,5,11-12H. The van der Waals surface area contributed by atoms with Gasteiger partial charge in [-0.15, -0.1) is 0 Å². The molecular weight excluding hydrogens is 424 g/mol. The summed E-state index contributed by atoms with van der Waals surface area (Å²) in [6.45, 7) is 0. The van der Waals surface area contributed by atoms with Crippen molar-refractivity contribution in [2.24, 2.45) is 0 Å². The molecule has 68 valence electrons. The Hall–Kier alpha value is 1.16. The average molecular weight is 428 g/mol. The molecule has 0 radical (unpaired) electrons. The number of halogens is 4. The van der Waals surface area contributed by atoms with Gasteiger partial charge >= 0.3 is 0 Å². The van der Waals surface area contributed by atoms with Crippen LogP contribution in [0.3, 0.4) is 0 Å². The average Bonchev–Trinajstić information content (AvgIpc) is 1.99. The summed E-state index contributed by atoms with van der Waals surface area (Å²) >= 11 is 12.6. The zero-order chi connectivity index (χ0) is 9.52. The second-order valence-electron chi connectivity index (χ2n) is 2.27. The van der Waals surface area contributed by atoms with E-state index < -0.39 is 9.34 Å². The maximum atomic E-state index is 9.79. The summed E-state index contributed by atoms with van der Waals surface area (Å²) in [4.78, 5) is -0.555. The van der Waals surface area contributed by atoms with Crippen LogP contribution in [-0.2, 0) is 0 Å². The maximum Gasteiger partial charge on any atom is 0.171 e. The minimum absolute atomic E-state index is 0.0597. The van der Waals surface area contributed by atoms with E-state index in [1.54, 1.807) is 0 Å². The largest absolute Gasteiger partial charge is 0.511 e. The highest BCUT2D eigenvalue weighted by Gasteiger charge is 2.41. The lowest BCUT2D eigenvalue weighted by molar-refractivity contribution is 0.179. The number of aliphatic hydroxyl groups is 2. The first-order valence-electron chi connectivity index (χ1n) is 2.89. The first-order chi connectivity index (χ1) is 5.37. The van der Waals surface area contributed by atoms with Crippen LogP contribution in [-0.4, -0.2) is 19.6 Å². The first-order valence-corrected chi connectivity index (χ1v) is 6.18. The summed E-state index contributed by atoms with van der Waals surface area (Å²) in [7, 11) is 0. The van der Waals surface area contributed by atoms with Crippen LogP contribution in [0.2, 0.25) is 0 Å². The van der Waals surface area contributed by atoms with Gasteiger partial charge in [-0.25, -0.2) is 0 Å². The van der Waals surface area contributed by atoms with E-state index in [4.69, 9.17) is 0 Å². The summed E-state index contributed by atoms with van der Waals surface area (Å²) in [5.41, 5.74) is 0. The Labute approximate surface area is 103 Å². The molecule has 0 spiro atoms. The van der Waals surface area contributed by atoms with Gasteiger partial charge in [-0.05, 0) is 37.9 Å². The van der Waals surface area contributed by atoms with Crippen molar-refractivity contribution in [1.82, 2.24) is 0 Å². The van der Waals surface area contributed by atoms with Crippen molar-refractivity contribution >= 4 is 63.7 Å². The second-order valence-corrected chi connectivity index (χ2v) is 6.04. The van der Waals surface area contributed by atoms with Crippen molar-refractivity contribution in [3.63, 3.8) is 0 Å². The third kappa shape index (κ3) is 1.82. The zero-order valence-electron chi connectivity index (χ0n) is 5.56. The topological polar surface area (TPSA) is 40.5 Å². The van der Waals surface area contributed by atoms with E-state index in [9.17, 15) is 10.2 Å². The molecule has 0 saturated heterocycles. The van der Waals surface area contributed by atoms with Crippen molar-refractivity contribution in [3.8, 4) is 0 Å². The zero-order valence-corrected chi connectivity index (χ0v) is 11.9. The van der Waals surface area contributed by atoms with Gasteiger partial charge in [-0.1, -0.05) is 31.9 Å². The smallest absolute Gasteiger partial charge is 0.171 e. The molecule has 6 heteroatoms. The Morgan fingerprint density at radius 1 is 1.42 bits per heavy atom. The summed E-state index contributed by atoms with van der Waals surface area (Å²) < 4.78 is -0.158. The van der Waals surface area contributed by atoms with Crippen molar-refractivity contribution in [3.05, 3.63) is 20.8 Å². The van der Waals surface area contributed by atoms with Gasteiger partial charge in [0.1, 0.15) is 10.6 Å². The van der Waals surface area contributed by atoms with E-state index in [1.165, 1.54) is 6.08 Å². The fourth-order valence-electron chi connectivity index (χ4n) is 0.741. The number of hydrogen-bond donors (Lipinski definition) is 2. The van der Waals surface area contributed by atoms with Crippen LogP contribution in [0, 0.1) is 0 Å². The molecule has 1 aliphatic carbocycles. The van der Waals surface area contributed by atoms with Gasteiger partial charge in [0.2, 0.25) is 0 Å². The number of hydrogen-bond acceptors (Lipinski definition) is 2. The normalized spacial score (nSPS) is 36.8. The lowest BCUT2D eigenvalue weighted by atomic mass is 10.1. The summed E-state index contributed by atoms with van der Waals surface area (Å²) in [5, 5.41) is 19.1. The van der Waals surface area contributed by atoms with Crippen LogP contribution >= 0.6 is 63.7 Å². The third-order valence-corrected chi connectivity index (χ3v) is 6.71. The number of aliphatic hydroxyl groups excluding tert-OH is 1. The lowest BCUT2D eigenvalue weighted by Crippen LogP contribution is -2.36. The highest BCUT2D eigenvalue weighted by molar-refractivity contribution is 9.16.